The Kier molecular flexibility index (Phi) is 6.01. The van der Waals surface area contributed by atoms with Gasteiger partial charge in [0.2, 0.25) is 0 Å². The molecule has 19 heavy (non-hydrogen) atoms. The van der Waals surface area contributed by atoms with Gasteiger partial charge in [-0.05, 0) is 38.4 Å². The third-order valence-corrected chi connectivity index (χ3v) is 3.64. The number of benzene rings is 1. The molecule has 3 atom stereocenters. The fraction of sp³-hybridized carbons (Fsp3) is 0.562. The summed E-state index contributed by atoms with van der Waals surface area (Å²) in [6, 6.07) is 10.9. The van der Waals surface area contributed by atoms with Crippen LogP contribution in [0.4, 0.5) is 0 Å². The molecule has 1 aromatic rings. The van der Waals surface area contributed by atoms with Crippen LogP contribution < -0.4 is 5.73 Å². The third kappa shape index (κ3) is 4.05. The molecule has 0 saturated carbocycles. The molecule has 0 radical (unpaired) electrons. The van der Waals surface area contributed by atoms with Gasteiger partial charge >= 0.3 is 0 Å². The van der Waals surface area contributed by atoms with Crippen LogP contribution in [-0.4, -0.2) is 24.5 Å². The van der Waals surface area contributed by atoms with Crippen LogP contribution in [0.5, 0.6) is 0 Å². The highest BCUT2D eigenvalue weighted by Crippen LogP contribution is 2.27. The zero-order valence-electron chi connectivity index (χ0n) is 12.4. The molecular weight excluding hydrogens is 234 g/mol. The van der Waals surface area contributed by atoms with Crippen molar-refractivity contribution >= 4 is 0 Å². The minimum atomic E-state index is 0.0144. The first-order chi connectivity index (χ1) is 9.01. The maximum atomic E-state index is 8.98. The van der Waals surface area contributed by atoms with Crippen molar-refractivity contribution in [2.24, 2.45) is 11.7 Å². The molecule has 0 saturated heterocycles. The number of nitriles is 1. The molecule has 0 aliphatic heterocycles. The molecule has 3 unspecified atom stereocenters. The normalized spacial score (nSPS) is 15.8. The second kappa shape index (κ2) is 7.28. The lowest BCUT2D eigenvalue weighted by Gasteiger charge is -2.34. The minimum Gasteiger partial charge on any atom is -0.326 e. The summed E-state index contributed by atoms with van der Waals surface area (Å²) < 4.78 is 0. The Labute approximate surface area is 117 Å². The van der Waals surface area contributed by atoms with Crippen molar-refractivity contribution in [1.82, 2.24) is 4.90 Å². The van der Waals surface area contributed by atoms with E-state index in [1.54, 1.807) is 0 Å². The molecule has 0 spiro atoms. The van der Waals surface area contributed by atoms with Gasteiger partial charge in [0, 0.05) is 18.6 Å². The highest BCUT2D eigenvalue weighted by atomic mass is 15.1. The van der Waals surface area contributed by atoms with Gasteiger partial charge in [-0.25, -0.2) is 0 Å². The molecule has 3 heteroatoms. The Hall–Kier alpha value is -1.37. The summed E-state index contributed by atoms with van der Waals surface area (Å²) in [4.78, 5) is 2.21. The van der Waals surface area contributed by atoms with Crippen molar-refractivity contribution in [1.29, 1.82) is 5.26 Å². The predicted molar refractivity (Wildman–Crippen MR) is 79.6 cm³/mol. The quantitative estimate of drug-likeness (QED) is 0.854. The van der Waals surface area contributed by atoms with Crippen LogP contribution in [0.15, 0.2) is 24.3 Å². The van der Waals surface area contributed by atoms with Crippen LogP contribution in [0, 0.1) is 24.2 Å². The lowest BCUT2D eigenvalue weighted by molar-refractivity contribution is 0.196. The lowest BCUT2D eigenvalue weighted by Crippen LogP contribution is -2.40. The summed E-state index contributed by atoms with van der Waals surface area (Å²) in [6.45, 7) is 6.91. The van der Waals surface area contributed by atoms with Crippen molar-refractivity contribution < 1.29 is 0 Å². The van der Waals surface area contributed by atoms with Crippen molar-refractivity contribution in [2.75, 3.05) is 13.6 Å². The van der Waals surface area contributed by atoms with Gasteiger partial charge in [0.25, 0.3) is 0 Å². The molecular formula is C16H25N3. The van der Waals surface area contributed by atoms with E-state index in [-0.39, 0.29) is 18.0 Å². The summed E-state index contributed by atoms with van der Waals surface area (Å²) in [7, 11) is 2.06. The molecule has 0 heterocycles. The Morgan fingerprint density at radius 2 is 2.00 bits per heavy atom. The molecule has 3 nitrogen and oxygen atoms in total. The van der Waals surface area contributed by atoms with Gasteiger partial charge in [-0.3, -0.25) is 4.90 Å². The second-order valence-corrected chi connectivity index (χ2v) is 5.34. The Morgan fingerprint density at radius 1 is 1.37 bits per heavy atom. The van der Waals surface area contributed by atoms with E-state index in [0.717, 1.165) is 13.0 Å². The van der Waals surface area contributed by atoms with Gasteiger partial charge in [0.15, 0.2) is 0 Å². The summed E-state index contributed by atoms with van der Waals surface area (Å²) >= 11 is 0. The van der Waals surface area contributed by atoms with E-state index in [1.807, 2.05) is 13.0 Å². The van der Waals surface area contributed by atoms with Gasteiger partial charge in [0.1, 0.15) is 0 Å². The van der Waals surface area contributed by atoms with Crippen LogP contribution in [0.2, 0.25) is 0 Å². The summed E-state index contributed by atoms with van der Waals surface area (Å²) in [5, 5.41) is 8.98. The smallest absolute Gasteiger partial charge is 0.0666 e. The predicted octanol–water partition coefficient (Wildman–Crippen LogP) is 2.86. The zero-order valence-corrected chi connectivity index (χ0v) is 12.4. The van der Waals surface area contributed by atoms with E-state index in [2.05, 4.69) is 50.1 Å². The first kappa shape index (κ1) is 15.7. The fourth-order valence-electron chi connectivity index (χ4n) is 2.52. The number of nitrogens with two attached hydrogens (primary N) is 1. The first-order valence-corrected chi connectivity index (χ1v) is 6.92. The molecule has 2 N–H and O–H groups in total. The van der Waals surface area contributed by atoms with Crippen LogP contribution in [0.1, 0.15) is 37.4 Å². The van der Waals surface area contributed by atoms with Gasteiger partial charge in [0.05, 0.1) is 12.0 Å². The number of likely N-dealkylation sites (N-methyl/N-ethyl adjacent to an activating group) is 1. The van der Waals surface area contributed by atoms with Gasteiger partial charge in [-0.1, -0.05) is 31.2 Å². The summed E-state index contributed by atoms with van der Waals surface area (Å²) in [5.74, 6) is 0.0144. The Balaban J connectivity index is 3.02. The standard InChI is InChI=1S/C16H25N3/c1-5-15(18)16(19(4)11-12(2)10-17)14-9-7-6-8-13(14)3/h6-9,12,15-16H,5,11,18H2,1-4H3. The van der Waals surface area contributed by atoms with Crippen LogP contribution in [0.25, 0.3) is 0 Å². The van der Waals surface area contributed by atoms with Crippen molar-refractivity contribution in [3.63, 3.8) is 0 Å². The number of nitrogens with zero attached hydrogens (tertiary/aromatic N) is 2. The molecule has 0 aliphatic rings. The van der Waals surface area contributed by atoms with Crippen LogP contribution in [0.3, 0.4) is 0 Å². The number of aryl methyl sites for hydroxylation is 1. The van der Waals surface area contributed by atoms with Crippen molar-refractivity contribution in [3.05, 3.63) is 35.4 Å². The number of hydrogen-bond acceptors (Lipinski definition) is 3. The Morgan fingerprint density at radius 3 is 2.53 bits per heavy atom. The molecule has 1 aromatic carbocycles. The topological polar surface area (TPSA) is 53.0 Å². The van der Waals surface area contributed by atoms with E-state index < -0.39 is 0 Å². The van der Waals surface area contributed by atoms with E-state index in [1.165, 1.54) is 11.1 Å². The fourth-order valence-corrected chi connectivity index (χ4v) is 2.52. The summed E-state index contributed by atoms with van der Waals surface area (Å²) in [5.41, 5.74) is 8.84. The monoisotopic (exact) mass is 259 g/mol. The van der Waals surface area contributed by atoms with E-state index >= 15 is 0 Å². The van der Waals surface area contributed by atoms with Gasteiger partial charge in [-0.2, -0.15) is 5.26 Å². The number of rotatable bonds is 6. The van der Waals surface area contributed by atoms with E-state index in [0.29, 0.717) is 0 Å². The second-order valence-electron chi connectivity index (χ2n) is 5.34. The summed E-state index contributed by atoms with van der Waals surface area (Å²) in [6.07, 6.45) is 0.921. The largest absolute Gasteiger partial charge is 0.326 e. The van der Waals surface area contributed by atoms with Crippen LogP contribution >= 0.6 is 0 Å². The highest BCUT2D eigenvalue weighted by Gasteiger charge is 2.25. The van der Waals surface area contributed by atoms with E-state index in [4.69, 9.17) is 11.0 Å². The molecule has 0 fully saturated rings. The maximum absolute atomic E-state index is 8.98. The number of hydrogen-bond donors (Lipinski definition) is 1. The lowest BCUT2D eigenvalue weighted by atomic mass is 9.92. The maximum Gasteiger partial charge on any atom is 0.0666 e. The van der Waals surface area contributed by atoms with Gasteiger partial charge < -0.3 is 5.73 Å². The Bertz CT molecular complexity index is 436. The molecule has 0 aliphatic carbocycles. The molecule has 0 bridgehead atoms. The third-order valence-electron chi connectivity index (χ3n) is 3.64. The molecule has 1 rings (SSSR count). The van der Waals surface area contributed by atoms with Gasteiger partial charge in [-0.15, -0.1) is 0 Å². The molecule has 0 aromatic heterocycles. The SMILES string of the molecule is CCC(N)C(c1ccccc1C)N(C)CC(C)C#N. The first-order valence-electron chi connectivity index (χ1n) is 6.92. The minimum absolute atomic E-state index is 0.0144. The molecule has 0 amide bonds. The van der Waals surface area contributed by atoms with E-state index in [9.17, 15) is 0 Å². The van der Waals surface area contributed by atoms with Crippen LogP contribution in [-0.2, 0) is 0 Å². The highest BCUT2D eigenvalue weighted by molar-refractivity contribution is 5.30. The zero-order chi connectivity index (χ0) is 14.4. The average molecular weight is 259 g/mol. The van der Waals surface area contributed by atoms with Crippen molar-refractivity contribution in [2.45, 2.75) is 39.3 Å². The average Bonchev–Trinajstić information content (AvgIpc) is 2.40. The molecule has 104 valence electrons. The van der Waals surface area contributed by atoms with Crippen molar-refractivity contribution in [3.8, 4) is 6.07 Å².